The summed E-state index contributed by atoms with van der Waals surface area (Å²) in [4.78, 5) is 11.7. The van der Waals surface area contributed by atoms with Crippen LogP contribution in [-0.2, 0) is 9.53 Å². The molecule has 2 fully saturated rings. The predicted molar refractivity (Wildman–Crippen MR) is 62.0 cm³/mol. The number of amides is 1. The number of nitrogens with two attached hydrogens (primary N) is 1. The fourth-order valence-corrected chi connectivity index (χ4v) is 2.51. The molecule has 0 aromatic carbocycles. The average Bonchev–Trinajstić information content (AvgIpc) is 2.73. The summed E-state index contributed by atoms with van der Waals surface area (Å²) in [5.41, 5.74) is 5.62. The molecule has 1 atom stereocenters. The van der Waals surface area contributed by atoms with Gasteiger partial charge >= 0.3 is 0 Å². The molecule has 4 nitrogen and oxygen atoms in total. The Balaban J connectivity index is 1.67. The van der Waals surface area contributed by atoms with E-state index in [1.165, 1.54) is 6.42 Å². The van der Waals surface area contributed by atoms with Gasteiger partial charge in [0.25, 0.3) is 0 Å². The molecule has 92 valence electrons. The fraction of sp³-hybridized carbons (Fsp3) is 0.917. The molecule has 0 aromatic heterocycles. The standard InChI is InChI=1S/C12H22N2O2/c13-9-12(6-2-7-12)14-11(15)5-4-10-3-1-8-16-10/h10H,1-9,13H2,(H,14,15). The number of carbonyl (C=O) groups excluding carboxylic acids is 1. The van der Waals surface area contributed by atoms with Crippen molar-refractivity contribution in [3.63, 3.8) is 0 Å². The molecule has 2 rings (SSSR count). The van der Waals surface area contributed by atoms with Crippen LogP contribution in [0.15, 0.2) is 0 Å². The highest BCUT2D eigenvalue weighted by Crippen LogP contribution is 2.30. The molecule has 1 aliphatic carbocycles. The summed E-state index contributed by atoms with van der Waals surface area (Å²) in [5.74, 6) is 0.139. The van der Waals surface area contributed by atoms with Gasteiger partial charge in [-0.1, -0.05) is 0 Å². The van der Waals surface area contributed by atoms with Gasteiger partial charge < -0.3 is 15.8 Å². The SMILES string of the molecule is NCC1(NC(=O)CCC2CCCO2)CCC1. The summed E-state index contributed by atoms with van der Waals surface area (Å²) >= 11 is 0. The van der Waals surface area contributed by atoms with Crippen molar-refractivity contribution in [2.75, 3.05) is 13.2 Å². The second kappa shape index (κ2) is 5.15. The maximum Gasteiger partial charge on any atom is 0.220 e. The zero-order valence-electron chi connectivity index (χ0n) is 9.84. The van der Waals surface area contributed by atoms with Crippen LogP contribution in [0.2, 0.25) is 0 Å². The number of rotatable bonds is 5. The molecule has 0 bridgehead atoms. The highest BCUT2D eigenvalue weighted by molar-refractivity contribution is 5.77. The summed E-state index contributed by atoms with van der Waals surface area (Å²) in [6, 6.07) is 0. The van der Waals surface area contributed by atoms with Gasteiger partial charge in [0.15, 0.2) is 0 Å². The van der Waals surface area contributed by atoms with Crippen LogP contribution in [0.4, 0.5) is 0 Å². The first-order chi connectivity index (χ1) is 7.74. The maximum atomic E-state index is 11.7. The normalized spacial score (nSPS) is 27.4. The van der Waals surface area contributed by atoms with Crippen molar-refractivity contribution >= 4 is 5.91 Å². The molecular formula is C12H22N2O2. The Morgan fingerprint density at radius 3 is 2.75 bits per heavy atom. The maximum absolute atomic E-state index is 11.7. The summed E-state index contributed by atoms with van der Waals surface area (Å²) in [7, 11) is 0. The molecule has 1 heterocycles. The number of carbonyl (C=O) groups is 1. The van der Waals surface area contributed by atoms with Crippen LogP contribution >= 0.6 is 0 Å². The molecule has 3 N–H and O–H groups in total. The van der Waals surface area contributed by atoms with Crippen molar-refractivity contribution in [3.8, 4) is 0 Å². The van der Waals surface area contributed by atoms with E-state index in [0.717, 1.165) is 38.7 Å². The molecule has 4 heteroatoms. The van der Waals surface area contributed by atoms with Crippen molar-refractivity contribution in [1.29, 1.82) is 0 Å². The van der Waals surface area contributed by atoms with Crippen molar-refractivity contribution in [1.82, 2.24) is 5.32 Å². The van der Waals surface area contributed by atoms with E-state index in [4.69, 9.17) is 10.5 Å². The van der Waals surface area contributed by atoms with E-state index in [2.05, 4.69) is 5.32 Å². The second-order valence-electron chi connectivity index (χ2n) is 5.06. The fourth-order valence-electron chi connectivity index (χ4n) is 2.51. The Kier molecular flexibility index (Phi) is 3.82. The van der Waals surface area contributed by atoms with E-state index in [-0.39, 0.29) is 11.4 Å². The second-order valence-corrected chi connectivity index (χ2v) is 5.06. The smallest absolute Gasteiger partial charge is 0.220 e. The largest absolute Gasteiger partial charge is 0.378 e. The van der Waals surface area contributed by atoms with Crippen LogP contribution in [0.5, 0.6) is 0 Å². The lowest BCUT2D eigenvalue weighted by Crippen LogP contribution is -2.58. The van der Waals surface area contributed by atoms with Gasteiger partial charge in [0.05, 0.1) is 11.6 Å². The molecular weight excluding hydrogens is 204 g/mol. The summed E-state index contributed by atoms with van der Waals surface area (Å²) in [6.45, 7) is 1.43. The third-order valence-corrected chi connectivity index (χ3v) is 3.82. The zero-order chi connectivity index (χ0) is 11.4. The van der Waals surface area contributed by atoms with Gasteiger partial charge in [-0.05, 0) is 38.5 Å². The Labute approximate surface area is 96.9 Å². The third kappa shape index (κ3) is 2.74. The van der Waals surface area contributed by atoms with Gasteiger partial charge in [0.2, 0.25) is 5.91 Å². The predicted octanol–water partition coefficient (Wildman–Crippen LogP) is 0.943. The average molecular weight is 226 g/mol. The quantitative estimate of drug-likeness (QED) is 0.733. The van der Waals surface area contributed by atoms with Gasteiger partial charge in [0.1, 0.15) is 0 Å². The Morgan fingerprint density at radius 2 is 2.25 bits per heavy atom. The van der Waals surface area contributed by atoms with E-state index in [1.807, 2.05) is 0 Å². The van der Waals surface area contributed by atoms with Crippen LogP contribution in [0.3, 0.4) is 0 Å². The van der Waals surface area contributed by atoms with Crippen LogP contribution in [0.25, 0.3) is 0 Å². The van der Waals surface area contributed by atoms with Crippen molar-refractivity contribution in [2.24, 2.45) is 5.73 Å². The molecule has 1 amide bonds. The monoisotopic (exact) mass is 226 g/mol. The Hall–Kier alpha value is -0.610. The molecule has 2 aliphatic rings. The number of hydrogen-bond acceptors (Lipinski definition) is 3. The van der Waals surface area contributed by atoms with E-state index < -0.39 is 0 Å². The van der Waals surface area contributed by atoms with Crippen LogP contribution in [0.1, 0.15) is 44.9 Å². The van der Waals surface area contributed by atoms with Gasteiger partial charge in [-0.3, -0.25) is 4.79 Å². The third-order valence-electron chi connectivity index (χ3n) is 3.82. The molecule has 16 heavy (non-hydrogen) atoms. The van der Waals surface area contributed by atoms with E-state index in [0.29, 0.717) is 19.1 Å². The minimum absolute atomic E-state index is 0.0758. The number of nitrogens with one attached hydrogen (secondary N) is 1. The van der Waals surface area contributed by atoms with Crippen LogP contribution in [0, 0.1) is 0 Å². The highest BCUT2D eigenvalue weighted by atomic mass is 16.5. The van der Waals surface area contributed by atoms with E-state index in [1.54, 1.807) is 0 Å². The lowest BCUT2D eigenvalue weighted by molar-refractivity contribution is -0.124. The first-order valence-corrected chi connectivity index (χ1v) is 6.37. The first kappa shape index (κ1) is 11.9. The minimum Gasteiger partial charge on any atom is -0.378 e. The molecule has 1 unspecified atom stereocenters. The lowest BCUT2D eigenvalue weighted by Gasteiger charge is -2.41. The topological polar surface area (TPSA) is 64.3 Å². The van der Waals surface area contributed by atoms with Crippen molar-refractivity contribution in [2.45, 2.75) is 56.6 Å². The Morgan fingerprint density at radius 1 is 1.44 bits per heavy atom. The lowest BCUT2D eigenvalue weighted by atomic mass is 9.76. The number of hydrogen-bond donors (Lipinski definition) is 2. The van der Waals surface area contributed by atoms with Crippen LogP contribution < -0.4 is 11.1 Å². The molecule has 1 aliphatic heterocycles. The van der Waals surface area contributed by atoms with Crippen molar-refractivity contribution in [3.05, 3.63) is 0 Å². The van der Waals surface area contributed by atoms with Gasteiger partial charge in [0, 0.05) is 19.6 Å². The number of ether oxygens (including phenoxy) is 1. The first-order valence-electron chi connectivity index (χ1n) is 6.37. The zero-order valence-corrected chi connectivity index (χ0v) is 9.84. The van der Waals surface area contributed by atoms with Gasteiger partial charge in [-0.15, -0.1) is 0 Å². The summed E-state index contributed by atoms with van der Waals surface area (Å²) < 4.78 is 5.50. The summed E-state index contributed by atoms with van der Waals surface area (Å²) in [6.07, 6.45) is 7.24. The van der Waals surface area contributed by atoms with Gasteiger partial charge in [-0.25, -0.2) is 0 Å². The Bertz CT molecular complexity index is 240. The van der Waals surface area contributed by atoms with Gasteiger partial charge in [-0.2, -0.15) is 0 Å². The summed E-state index contributed by atoms with van der Waals surface area (Å²) in [5, 5.41) is 3.08. The molecule has 0 radical (unpaired) electrons. The molecule has 1 saturated carbocycles. The molecule has 0 aromatic rings. The highest BCUT2D eigenvalue weighted by Gasteiger charge is 2.36. The van der Waals surface area contributed by atoms with E-state index >= 15 is 0 Å². The minimum atomic E-state index is -0.0758. The van der Waals surface area contributed by atoms with Crippen molar-refractivity contribution < 1.29 is 9.53 Å². The van der Waals surface area contributed by atoms with Crippen LogP contribution in [-0.4, -0.2) is 30.7 Å². The molecule has 0 spiro atoms. The van der Waals surface area contributed by atoms with E-state index in [9.17, 15) is 4.79 Å². The molecule has 1 saturated heterocycles.